The van der Waals surface area contributed by atoms with Gasteiger partial charge in [-0.1, -0.05) is 7.43 Å². The zero-order chi connectivity index (χ0) is 6.95. The van der Waals surface area contributed by atoms with Crippen LogP contribution in [0.5, 0.6) is 0 Å². The lowest BCUT2D eigenvalue weighted by Crippen LogP contribution is -2.14. The largest absolute Gasteiger partial charge is 0.354 e. The summed E-state index contributed by atoms with van der Waals surface area (Å²) in [6.07, 6.45) is 0. The van der Waals surface area contributed by atoms with Crippen molar-refractivity contribution in [2.75, 3.05) is 33.1 Å². The zero-order valence-electron chi connectivity index (χ0n) is 5.51. The molecule has 0 fully saturated rings. The summed E-state index contributed by atoms with van der Waals surface area (Å²) in [5, 5.41) is 0. The molecule has 0 aromatic carbocycles. The van der Waals surface area contributed by atoms with Gasteiger partial charge in [0.15, 0.2) is 0 Å². The molecule has 0 aliphatic heterocycles. The summed E-state index contributed by atoms with van der Waals surface area (Å²) in [4.78, 5) is 0. The molecule has 0 aromatic heterocycles. The molecule has 0 aliphatic rings. The maximum atomic E-state index is 5.14. The van der Waals surface area contributed by atoms with E-state index >= 15 is 0 Å². The number of hydrogen-bond donors (Lipinski definition) is 2. The minimum atomic E-state index is 0. The van der Waals surface area contributed by atoms with Crippen molar-refractivity contribution >= 4 is 0 Å². The second-order valence-corrected chi connectivity index (χ2v) is 1.51. The standard InChI is InChI=1S/C5H14N2O2.CH4/c6-1-3-8-5-9-4-2-7;/h1-7H2;1H4. The summed E-state index contributed by atoms with van der Waals surface area (Å²) in [7, 11) is 0. The molecule has 4 heteroatoms. The molecule has 0 radical (unpaired) electrons. The van der Waals surface area contributed by atoms with Gasteiger partial charge in [-0.25, -0.2) is 0 Å². The molecule has 0 spiro atoms. The van der Waals surface area contributed by atoms with Crippen LogP contribution in [-0.4, -0.2) is 33.1 Å². The molecule has 0 rings (SSSR count). The van der Waals surface area contributed by atoms with E-state index in [1.54, 1.807) is 0 Å². The van der Waals surface area contributed by atoms with E-state index in [2.05, 4.69) is 0 Å². The average Bonchev–Trinajstić information content (AvgIpc) is 1.89. The Morgan fingerprint density at radius 1 is 0.900 bits per heavy atom. The lowest BCUT2D eigenvalue weighted by molar-refractivity contribution is -0.0482. The number of hydrogen-bond acceptors (Lipinski definition) is 4. The second-order valence-electron chi connectivity index (χ2n) is 1.51. The van der Waals surface area contributed by atoms with E-state index < -0.39 is 0 Å². The van der Waals surface area contributed by atoms with Crippen LogP contribution in [0.15, 0.2) is 0 Å². The van der Waals surface area contributed by atoms with Crippen molar-refractivity contribution in [1.82, 2.24) is 0 Å². The third-order valence-corrected chi connectivity index (χ3v) is 0.691. The van der Waals surface area contributed by atoms with E-state index in [0.29, 0.717) is 33.1 Å². The van der Waals surface area contributed by atoms with Crippen LogP contribution in [0.1, 0.15) is 7.43 Å². The summed E-state index contributed by atoms with van der Waals surface area (Å²) in [6, 6.07) is 0. The Hall–Kier alpha value is -0.160. The van der Waals surface area contributed by atoms with Gasteiger partial charge in [-0.15, -0.1) is 0 Å². The van der Waals surface area contributed by atoms with Gasteiger partial charge >= 0.3 is 0 Å². The highest BCUT2D eigenvalue weighted by Crippen LogP contribution is 1.74. The smallest absolute Gasteiger partial charge is 0.146 e. The molecule has 0 aliphatic carbocycles. The molecule has 10 heavy (non-hydrogen) atoms. The Labute approximate surface area is 62.5 Å². The predicted octanol–water partition coefficient (Wildman–Crippen LogP) is -0.469. The van der Waals surface area contributed by atoms with Gasteiger partial charge in [0.05, 0.1) is 13.2 Å². The first kappa shape index (κ1) is 12.5. The molecule has 0 saturated heterocycles. The lowest BCUT2D eigenvalue weighted by Gasteiger charge is -2.01. The van der Waals surface area contributed by atoms with E-state index in [1.807, 2.05) is 0 Å². The zero-order valence-corrected chi connectivity index (χ0v) is 5.51. The highest BCUT2D eigenvalue weighted by Gasteiger charge is 1.83. The van der Waals surface area contributed by atoms with Crippen LogP contribution in [0.2, 0.25) is 0 Å². The molecule has 0 aromatic rings. The number of ether oxygens (including phenoxy) is 2. The van der Waals surface area contributed by atoms with Crippen molar-refractivity contribution in [2.45, 2.75) is 7.43 Å². The second kappa shape index (κ2) is 11.6. The van der Waals surface area contributed by atoms with E-state index in [4.69, 9.17) is 20.9 Å². The van der Waals surface area contributed by atoms with Gasteiger partial charge < -0.3 is 20.9 Å². The SMILES string of the molecule is C.NCCOCOCCN. The molecular formula is C6H18N2O2. The predicted molar refractivity (Wildman–Crippen MR) is 41.6 cm³/mol. The Kier molecular flexibility index (Phi) is 14.5. The van der Waals surface area contributed by atoms with Crippen LogP contribution >= 0.6 is 0 Å². The van der Waals surface area contributed by atoms with E-state index in [0.717, 1.165) is 0 Å². The summed E-state index contributed by atoms with van der Waals surface area (Å²) >= 11 is 0. The molecule has 64 valence electrons. The van der Waals surface area contributed by atoms with Gasteiger partial charge in [0, 0.05) is 13.1 Å². The fourth-order valence-electron chi connectivity index (χ4n) is 0.343. The van der Waals surface area contributed by atoms with Crippen molar-refractivity contribution in [2.24, 2.45) is 11.5 Å². The third-order valence-electron chi connectivity index (χ3n) is 0.691. The summed E-state index contributed by atoms with van der Waals surface area (Å²) in [5.41, 5.74) is 10.3. The molecule has 0 heterocycles. The highest BCUT2D eigenvalue weighted by atomic mass is 16.7. The Morgan fingerprint density at radius 2 is 1.30 bits per heavy atom. The van der Waals surface area contributed by atoms with Crippen molar-refractivity contribution in [1.29, 1.82) is 0 Å². The quantitative estimate of drug-likeness (QED) is 0.397. The van der Waals surface area contributed by atoms with Crippen LogP contribution < -0.4 is 11.5 Å². The Morgan fingerprint density at radius 3 is 1.60 bits per heavy atom. The molecule has 0 bridgehead atoms. The third kappa shape index (κ3) is 10.8. The normalized spacial score (nSPS) is 9.00. The van der Waals surface area contributed by atoms with Crippen LogP contribution in [0, 0.1) is 0 Å². The minimum absolute atomic E-state index is 0. The van der Waals surface area contributed by atoms with Gasteiger partial charge in [0.25, 0.3) is 0 Å². The summed E-state index contributed by atoms with van der Waals surface area (Å²) < 4.78 is 9.76. The minimum Gasteiger partial charge on any atom is -0.354 e. The Bertz CT molecular complexity index is 47.0. The first-order valence-electron chi connectivity index (χ1n) is 2.97. The Balaban J connectivity index is 0. The van der Waals surface area contributed by atoms with Crippen LogP contribution in [0.25, 0.3) is 0 Å². The highest BCUT2D eigenvalue weighted by molar-refractivity contribution is 4.28. The number of nitrogens with two attached hydrogens (primary N) is 2. The molecular weight excluding hydrogens is 132 g/mol. The van der Waals surface area contributed by atoms with E-state index in [-0.39, 0.29) is 7.43 Å². The van der Waals surface area contributed by atoms with Crippen molar-refractivity contribution in [3.05, 3.63) is 0 Å². The van der Waals surface area contributed by atoms with E-state index in [9.17, 15) is 0 Å². The molecule has 0 atom stereocenters. The van der Waals surface area contributed by atoms with E-state index in [1.165, 1.54) is 0 Å². The maximum absolute atomic E-state index is 5.14. The topological polar surface area (TPSA) is 70.5 Å². The first-order valence-corrected chi connectivity index (χ1v) is 2.97. The lowest BCUT2D eigenvalue weighted by atomic mass is 10.7. The molecule has 0 amide bonds. The van der Waals surface area contributed by atoms with Gasteiger partial charge in [0.2, 0.25) is 0 Å². The first-order chi connectivity index (χ1) is 4.41. The summed E-state index contributed by atoms with van der Waals surface area (Å²) in [5.74, 6) is 0. The van der Waals surface area contributed by atoms with Crippen molar-refractivity contribution < 1.29 is 9.47 Å². The van der Waals surface area contributed by atoms with Gasteiger partial charge in [-0.05, 0) is 0 Å². The van der Waals surface area contributed by atoms with Crippen LogP contribution in [0.4, 0.5) is 0 Å². The van der Waals surface area contributed by atoms with Gasteiger partial charge in [-0.2, -0.15) is 0 Å². The van der Waals surface area contributed by atoms with Crippen molar-refractivity contribution in [3.8, 4) is 0 Å². The maximum Gasteiger partial charge on any atom is 0.146 e. The number of rotatable bonds is 6. The molecule has 0 saturated carbocycles. The van der Waals surface area contributed by atoms with Crippen molar-refractivity contribution in [3.63, 3.8) is 0 Å². The van der Waals surface area contributed by atoms with Crippen LogP contribution in [0.3, 0.4) is 0 Å². The fourth-order valence-corrected chi connectivity index (χ4v) is 0.343. The monoisotopic (exact) mass is 150 g/mol. The molecule has 0 unspecified atom stereocenters. The molecule has 4 nitrogen and oxygen atoms in total. The van der Waals surface area contributed by atoms with Gasteiger partial charge in [-0.3, -0.25) is 0 Å². The molecule has 4 N–H and O–H groups in total. The fraction of sp³-hybridized carbons (Fsp3) is 1.00. The van der Waals surface area contributed by atoms with Crippen LogP contribution in [-0.2, 0) is 9.47 Å². The van der Waals surface area contributed by atoms with Gasteiger partial charge in [0.1, 0.15) is 6.79 Å². The average molecular weight is 150 g/mol. The summed E-state index contributed by atoms with van der Waals surface area (Å²) in [6.45, 7) is 2.46.